The van der Waals surface area contributed by atoms with Crippen LogP contribution in [-0.4, -0.2) is 60.2 Å². The first kappa shape index (κ1) is 18.6. The molecule has 0 atom stereocenters. The summed E-state index contributed by atoms with van der Waals surface area (Å²) in [5, 5.41) is 14.4. The molecule has 0 N–H and O–H groups in total. The van der Waals surface area contributed by atoms with Crippen molar-refractivity contribution in [3.05, 3.63) is 44.4 Å². The average Bonchev–Trinajstić information content (AvgIpc) is 3.30. The summed E-state index contributed by atoms with van der Waals surface area (Å²) in [4.78, 5) is 33.3. The second-order valence-corrected chi connectivity index (χ2v) is 7.88. The number of nitrogens with zero attached hydrogens (tertiary/aromatic N) is 5. The van der Waals surface area contributed by atoms with Crippen molar-refractivity contribution in [2.45, 2.75) is 13.5 Å². The zero-order chi connectivity index (χ0) is 19.7. The van der Waals surface area contributed by atoms with Crippen LogP contribution in [0, 0.1) is 17.0 Å². The van der Waals surface area contributed by atoms with Crippen LogP contribution in [0.1, 0.15) is 10.7 Å². The number of amides is 1. The minimum atomic E-state index is -0.459. The maximum atomic E-state index is 12.0. The van der Waals surface area contributed by atoms with Gasteiger partial charge in [-0.2, -0.15) is 0 Å². The molecule has 2 saturated heterocycles. The number of aryl methyl sites for hydroxylation is 1. The molecule has 0 aliphatic carbocycles. The molecular formula is C18H21N5O4S. The Morgan fingerprint density at radius 1 is 1.21 bits per heavy atom. The summed E-state index contributed by atoms with van der Waals surface area (Å²) in [5.41, 5.74) is 2.43. The Kier molecular flexibility index (Phi) is 5.14. The number of nitro benzene ring substituents is 1. The van der Waals surface area contributed by atoms with Crippen LogP contribution in [0.3, 0.4) is 0 Å². The van der Waals surface area contributed by atoms with E-state index in [9.17, 15) is 14.9 Å². The van der Waals surface area contributed by atoms with E-state index in [1.165, 1.54) is 17.0 Å². The van der Waals surface area contributed by atoms with E-state index in [-0.39, 0.29) is 5.69 Å². The number of cyclic esters (lactones) is 1. The topological polar surface area (TPSA) is 92.1 Å². The van der Waals surface area contributed by atoms with Crippen LogP contribution in [0.15, 0.2) is 23.6 Å². The van der Waals surface area contributed by atoms with Crippen LogP contribution in [0.4, 0.5) is 21.9 Å². The van der Waals surface area contributed by atoms with Gasteiger partial charge in [0.2, 0.25) is 0 Å². The van der Waals surface area contributed by atoms with E-state index in [1.807, 2.05) is 6.92 Å². The van der Waals surface area contributed by atoms with Gasteiger partial charge in [0.25, 0.3) is 5.69 Å². The summed E-state index contributed by atoms with van der Waals surface area (Å²) in [6.45, 7) is 6.79. The average molecular weight is 403 g/mol. The number of thiazole rings is 1. The van der Waals surface area contributed by atoms with E-state index in [4.69, 9.17) is 4.74 Å². The predicted molar refractivity (Wildman–Crippen MR) is 106 cm³/mol. The number of anilines is 2. The van der Waals surface area contributed by atoms with Gasteiger partial charge >= 0.3 is 6.09 Å². The Morgan fingerprint density at radius 3 is 2.61 bits per heavy atom. The van der Waals surface area contributed by atoms with Crippen molar-refractivity contribution < 1.29 is 14.5 Å². The van der Waals surface area contributed by atoms with E-state index < -0.39 is 11.0 Å². The summed E-state index contributed by atoms with van der Waals surface area (Å²) in [7, 11) is 0. The molecule has 2 aliphatic heterocycles. The Labute approximate surface area is 166 Å². The third kappa shape index (κ3) is 3.78. The van der Waals surface area contributed by atoms with Gasteiger partial charge < -0.3 is 9.64 Å². The van der Waals surface area contributed by atoms with Gasteiger partial charge in [0.05, 0.1) is 33.5 Å². The zero-order valence-corrected chi connectivity index (χ0v) is 16.4. The number of rotatable bonds is 5. The van der Waals surface area contributed by atoms with Gasteiger partial charge in [-0.25, -0.2) is 9.78 Å². The highest BCUT2D eigenvalue weighted by Crippen LogP contribution is 2.35. The number of carbonyl (C=O) groups excluding carboxylic acids is 1. The lowest BCUT2D eigenvalue weighted by Gasteiger charge is -2.37. The molecule has 9 nitrogen and oxygen atoms in total. The molecule has 2 fully saturated rings. The number of nitro groups is 1. The molecule has 3 heterocycles. The van der Waals surface area contributed by atoms with E-state index in [1.54, 1.807) is 17.4 Å². The maximum Gasteiger partial charge on any atom is 0.414 e. The molecule has 1 aromatic carbocycles. The lowest BCUT2D eigenvalue weighted by Crippen LogP contribution is -2.46. The number of aromatic nitrogens is 1. The van der Waals surface area contributed by atoms with Gasteiger partial charge in [-0.15, -0.1) is 11.3 Å². The molecular weight excluding hydrogens is 382 g/mol. The smallest absolute Gasteiger partial charge is 0.414 e. The fourth-order valence-electron chi connectivity index (χ4n) is 3.58. The summed E-state index contributed by atoms with van der Waals surface area (Å²) < 4.78 is 5.03. The fourth-order valence-corrected chi connectivity index (χ4v) is 4.18. The van der Waals surface area contributed by atoms with Crippen LogP contribution in [0.2, 0.25) is 0 Å². The number of piperazine rings is 1. The van der Waals surface area contributed by atoms with Crippen molar-refractivity contribution in [1.82, 2.24) is 9.88 Å². The Bertz CT molecular complexity index is 894. The second kappa shape index (κ2) is 7.72. The van der Waals surface area contributed by atoms with Crippen molar-refractivity contribution >= 4 is 34.5 Å². The molecule has 148 valence electrons. The van der Waals surface area contributed by atoms with Crippen molar-refractivity contribution in [2.24, 2.45) is 0 Å². The van der Waals surface area contributed by atoms with E-state index in [0.717, 1.165) is 49.1 Å². The second-order valence-electron chi connectivity index (χ2n) is 6.82. The first-order chi connectivity index (χ1) is 13.5. The summed E-state index contributed by atoms with van der Waals surface area (Å²) in [5.74, 6) is 0. The van der Waals surface area contributed by atoms with E-state index in [0.29, 0.717) is 18.8 Å². The summed E-state index contributed by atoms with van der Waals surface area (Å²) in [6, 6.07) is 4.69. The molecule has 0 bridgehead atoms. The van der Waals surface area contributed by atoms with Gasteiger partial charge in [-0.3, -0.25) is 19.9 Å². The van der Waals surface area contributed by atoms with E-state index >= 15 is 0 Å². The van der Waals surface area contributed by atoms with Crippen LogP contribution in [0.25, 0.3) is 0 Å². The molecule has 10 heteroatoms. The van der Waals surface area contributed by atoms with Gasteiger partial charge in [-0.1, -0.05) is 0 Å². The van der Waals surface area contributed by atoms with Gasteiger partial charge in [-0.05, 0) is 13.0 Å². The van der Waals surface area contributed by atoms with Crippen LogP contribution >= 0.6 is 11.3 Å². The van der Waals surface area contributed by atoms with Gasteiger partial charge in [0, 0.05) is 50.2 Å². The minimum absolute atomic E-state index is 0.0315. The Balaban J connectivity index is 1.51. The highest BCUT2D eigenvalue weighted by molar-refractivity contribution is 7.09. The molecule has 0 unspecified atom stereocenters. The van der Waals surface area contributed by atoms with Crippen molar-refractivity contribution in [2.75, 3.05) is 49.1 Å². The van der Waals surface area contributed by atoms with E-state index in [2.05, 4.69) is 20.2 Å². The van der Waals surface area contributed by atoms with Crippen LogP contribution in [0.5, 0.6) is 0 Å². The SMILES string of the molecule is Cc1nc(CN2CCN(c3ccc([N+](=O)[O-])cc3N3CCOC3=O)CC2)cs1. The lowest BCUT2D eigenvalue weighted by molar-refractivity contribution is -0.384. The largest absolute Gasteiger partial charge is 0.447 e. The maximum absolute atomic E-state index is 12.0. The number of ether oxygens (including phenoxy) is 1. The molecule has 0 saturated carbocycles. The minimum Gasteiger partial charge on any atom is -0.447 e. The predicted octanol–water partition coefficient (Wildman–Crippen LogP) is 2.64. The number of hydrogen-bond acceptors (Lipinski definition) is 8. The molecule has 28 heavy (non-hydrogen) atoms. The quantitative estimate of drug-likeness (QED) is 0.560. The molecule has 2 aromatic rings. The Hall–Kier alpha value is -2.72. The third-order valence-corrected chi connectivity index (χ3v) is 5.81. The van der Waals surface area contributed by atoms with Crippen molar-refractivity contribution in [1.29, 1.82) is 0 Å². The molecule has 1 amide bonds. The normalized spacial score (nSPS) is 17.8. The highest BCUT2D eigenvalue weighted by Gasteiger charge is 2.30. The number of carbonyl (C=O) groups is 1. The summed E-state index contributed by atoms with van der Waals surface area (Å²) >= 11 is 1.66. The first-order valence-corrected chi connectivity index (χ1v) is 10.0. The lowest BCUT2D eigenvalue weighted by atomic mass is 10.1. The molecule has 2 aliphatic rings. The number of hydrogen-bond donors (Lipinski definition) is 0. The fraction of sp³-hybridized carbons (Fsp3) is 0.444. The Morgan fingerprint density at radius 2 is 2.00 bits per heavy atom. The molecule has 0 spiro atoms. The third-order valence-electron chi connectivity index (χ3n) is 4.99. The van der Waals surface area contributed by atoms with Gasteiger partial charge in [0.1, 0.15) is 6.61 Å². The monoisotopic (exact) mass is 403 g/mol. The first-order valence-electron chi connectivity index (χ1n) is 9.12. The highest BCUT2D eigenvalue weighted by atomic mass is 32.1. The zero-order valence-electron chi connectivity index (χ0n) is 15.5. The summed E-state index contributed by atoms with van der Waals surface area (Å²) in [6.07, 6.45) is -0.459. The number of non-ortho nitro benzene ring substituents is 1. The molecule has 1 aromatic heterocycles. The molecule has 4 rings (SSSR count). The van der Waals surface area contributed by atoms with Crippen molar-refractivity contribution in [3.8, 4) is 0 Å². The van der Waals surface area contributed by atoms with Crippen LogP contribution in [-0.2, 0) is 11.3 Å². The standard InChI is InChI=1S/C18H21N5O4S/c1-13-19-14(12-28-13)11-20-4-6-21(7-5-20)16-3-2-15(23(25)26)10-17(16)22-8-9-27-18(22)24/h2-3,10,12H,4-9,11H2,1H3. The number of benzene rings is 1. The van der Waals surface area contributed by atoms with Crippen molar-refractivity contribution in [3.63, 3.8) is 0 Å². The van der Waals surface area contributed by atoms with Crippen LogP contribution < -0.4 is 9.80 Å². The molecule has 0 radical (unpaired) electrons. The van der Waals surface area contributed by atoms with Gasteiger partial charge in [0.15, 0.2) is 0 Å².